The Hall–Kier alpha value is 0.250. The van der Waals surface area contributed by atoms with Gasteiger partial charge in [0.05, 0.1) is 17.6 Å². The van der Waals surface area contributed by atoms with Gasteiger partial charge in [0.15, 0.2) is 0 Å². The van der Waals surface area contributed by atoms with Crippen LogP contribution in [0.2, 0.25) is 0 Å². The zero-order chi connectivity index (χ0) is 7.02. The fourth-order valence-corrected chi connectivity index (χ4v) is 1.49. The maximum atomic E-state index is 5.98. The highest BCUT2D eigenvalue weighted by Gasteiger charge is 2.34. The summed E-state index contributed by atoms with van der Waals surface area (Å²) in [6, 6.07) is 0. The Bertz CT molecular complexity index is 93.1. The summed E-state index contributed by atoms with van der Waals surface area (Å²) in [4.78, 5) is 0. The summed E-state index contributed by atoms with van der Waals surface area (Å²) < 4.78 is 5.45. The molecule has 0 aromatic rings. The van der Waals surface area contributed by atoms with Gasteiger partial charge < -0.3 is 4.74 Å². The van der Waals surface area contributed by atoms with Crippen molar-refractivity contribution in [3.8, 4) is 0 Å². The van der Waals surface area contributed by atoms with Gasteiger partial charge in [-0.1, -0.05) is 6.92 Å². The van der Waals surface area contributed by atoms with Crippen LogP contribution in [0.1, 0.15) is 20.8 Å². The number of hydrogen-bond acceptors (Lipinski definition) is 1. The zero-order valence-electron chi connectivity index (χ0n) is 6.10. The van der Waals surface area contributed by atoms with Crippen LogP contribution in [0.25, 0.3) is 0 Å². The molecular weight excluding hydrogens is 136 g/mol. The van der Waals surface area contributed by atoms with Crippen molar-refractivity contribution in [2.75, 3.05) is 0 Å². The summed E-state index contributed by atoms with van der Waals surface area (Å²) in [7, 11) is 0. The molecule has 0 saturated carbocycles. The van der Waals surface area contributed by atoms with Crippen LogP contribution in [-0.4, -0.2) is 17.6 Å². The largest absolute Gasteiger partial charge is 0.374 e. The van der Waals surface area contributed by atoms with E-state index in [9.17, 15) is 0 Å². The van der Waals surface area contributed by atoms with Crippen LogP contribution in [0.5, 0.6) is 0 Å². The third-order valence-corrected chi connectivity index (χ3v) is 2.87. The first-order valence-electron chi connectivity index (χ1n) is 3.42. The maximum absolute atomic E-state index is 5.98. The van der Waals surface area contributed by atoms with E-state index < -0.39 is 0 Å². The highest BCUT2D eigenvalue weighted by atomic mass is 35.5. The topological polar surface area (TPSA) is 9.23 Å². The third kappa shape index (κ3) is 1.22. The van der Waals surface area contributed by atoms with E-state index in [2.05, 4.69) is 13.8 Å². The molecule has 1 heterocycles. The van der Waals surface area contributed by atoms with Crippen molar-refractivity contribution in [2.45, 2.75) is 38.4 Å². The number of hydrogen-bond donors (Lipinski definition) is 0. The van der Waals surface area contributed by atoms with Gasteiger partial charge in [-0.15, -0.1) is 11.6 Å². The van der Waals surface area contributed by atoms with Crippen molar-refractivity contribution >= 4 is 11.6 Å². The fraction of sp³-hybridized carbons (Fsp3) is 1.00. The van der Waals surface area contributed by atoms with Crippen LogP contribution < -0.4 is 0 Å². The molecule has 0 aliphatic carbocycles. The first-order chi connectivity index (χ1) is 4.13. The van der Waals surface area contributed by atoms with Crippen molar-refractivity contribution in [1.82, 2.24) is 0 Å². The molecular formula is C7H13ClO. The minimum absolute atomic E-state index is 0.208. The van der Waals surface area contributed by atoms with Crippen molar-refractivity contribution in [2.24, 2.45) is 5.92 Å². The second-order valence-electron chi connectivity index (χ2n) is 2.85. The average Bonchev–Trinajstić information content (AvgIpc) is 1.98. The van der Waals surface area contributed by atoms with Crippen molar-refractivity contribution in [3.63, 3.8) is 0 Å². The summed E-state index contributed by atoms with van der Waals surface area (Å²) in [6.45, 7) is 6.23. The van der Waals surface area contributed by atoms with Crippen molar-refractivity contribution in [1.29, 1.82) is 0 Å². The van der Waals surface area contributed by atoms with Crippen LogP contribution in [0.15, 0.2) is 0 Å². The molecule has 1 aliphatic heterocycles. The summed E-state index contributed by atoms with van der Waals surface area (Å²) >= 11 is 5.98. The Morgan fingerprint density at radius 3 is 1.78 bits per heavy atom. The predicted molar refractivity (Wildman–Crippen MR) is 38.8 cm³/mol. The molecule has 0 bridgehead atoms. The second kappa shape index (κ2) is 2.47. The minimum atomic E-state index is 0.208. The van der Waals surface area contributed by atoms with E-state index in [1.165, 1.54) is 0 Å². The number of rotatable bonds is 0. The van der Waals surface area contributed by atoms with Crippen LogP contribution in [0.4, 0.5) is 0 Å². The predicted octanol–water partition coefficient (Wildman–Crippen LogP) is 2.04. The molecule has 0 aromatic heterocycles. The Kier molecular flexibility index (Phi) is 2.02. The van der Waals surface area contributed by atoms with Crippen LogP contribution in [0, 0.1) is 5.92 Å². The van der Waals surface area contributed by atoms with Gasteiger partial charge in [-0.05, 0) is 13.8 Å². The van der Waals surface area contributed by atoms with Crippen molar-refractivity contribution < 1.29 is 4.74 Å². The molecule has 9 heavy (non-hydrogen) atoms. The zero-order valence-corrected chi connectivity index (χ0v) is 6.85. The van der Waals surface area contributed by atoms with E-state index in [0.29, 0.717) is 12.0 Å². The van der Waals surface area contributed by atoms with Gasteiger partial charge >= 0.3 is 0 Å². The van der Waals surface area contributed by atoms with E-state index >= 15 is 0 Å². The molecule has 0 aromatic carbocycles. The molecule has 0 unspecified atom stereocenters. The summed E-state index contributed by atoms with van der Waals surface area (Å²) in [6.07, 6.45) is 0.569. The van der Waals surface area contributed by atoms with Gasteiger partial charge in [0, 0.05) is 5.92 Å². The highest BCUT2D eigenvalue weighted by molar-refractivity contribution is 6.21. The summed E-state index contributed by atoms with van der Waals surface area (Å²) in [5, 5.41) is 0.208. The smallest absolute Gasteiger partial charge is 0.0717 e. The van der Waals surface area contributed by atoms with Crippen LogP contribution in [0.3, 0.4) is 0 Å². The lowest BCUT2D eigenvalue weighted by atomic mass is 10.0. The number of ether oxygens (including phenoxy) is 1. The van der Waals surface area contributed by atoms with E-state index in [0.717, 1.165) is 0 Å². The normalized spacial score (nSPS) is 52.0. The van der Waals surface area contributed by atoms with E-state index in [-0.39, 0.29) is 11.5 Å². The molecule has 2 heteroatoms. The third-order valence-electron chi connectivity index (χ3n) is 2.12. The van der Waals surface area contributed by atoms with E-state index in [4.69, 9.17) is 16.3 Å². The minimum Gasteiger partial charge on any atom is -0.374 e. The standard InChI is InChI=1S/C7H13ClO/c1-4-5(2)9-6(3)7(4)8/h4-7H,1-3H3/t4-,5+,6-,7+/m1/s1. The molecule has 1 fully saturated rings. The maximum Gasteiger partial charge on any atom is 0.0717 e. The molecule has 0 N–H and O–H groups in total. The Morgan fingerprint density at radius 2 is 1.67 bits per heavy atom. The SMILES string of the molecule is C[C@H]1[C@H](Cl)[C@@H](C)O[C@H]1C. The monoisotopic (exact) mass is 148 g/mol. The lowest BCUT2D eigenvalue weighted by Crippen LogP contribution is -2.16. The average molecular weight is 149 g/mol. The van der Waals surface area contributed by atoms with Gasteiger partial charge in [-0.2, -0.15) is 0 Å². The van der Waals surface area contributed by atoms with E-state index in [1.807, 2.05) is 6.92 Å². The molecule has 1 saturated heterocycles. The molecule has 0 spiro atoms. The van der Waals surface area contributed by atoms with Crippen LogP contribution >= 0.6 is 11.6 Å². The lowest BCUT2D eigenvalue weighted by Gasteiger charge is -2.08. The Balaban J connectivity index is 2.54. The highest BCUT2D eigenvalue weighted by Crippen LogP contribution is 2.29. The molecule has 0 radical (unpaired) electrons. The molecule has 1 nitrogen and oxygen atoms in total. The Morgan fingerprint density at radius 1 is 1.11 bits per heavy atom. The Labute approximate surface area is 61.3 Å². The van der Waals surface area contributed by atoms with Gasteiger partial charge in [-0.25, -0.2) is 0 Å². The molecule has 4 atom stereocenters. The van der Waals surface area contributed by atoms with Gasteiger partial charge in [0.2, 0.25) is 0 Å². The summed E-state index contributed by atoms with van der Waals surface area (Å²) in [5.74, 6) is 0.502. The quantitative estimate of drug-likeness (QED) is 0.478. The lowest BCUT2D eigenvalue weighted by molar-refractivity contribution is 0.0584. The van der Waals surface area contributed by atoms with Gasteiger partial charge in [-0.3, -0.25) is 0 Å². The fourth-order valence-electron chi connectivity index (χ4n) is 1.22. The second-order valence-corrected chi connectivity index (χ2v) is 3.35. The summed E-state index contributed by atoms with van der Waals surface area (Å²) in [5.41, 5.74) is 0. The van der Waals surface area contributed by atoms with Crippen molar-refractivity contribution in [3.05, 3.63) is 0 Å². The first kappa shape index (κ1) is 7.36. The van der Waals surface area contributed by atoms with E-state index in [1.54, 1.807) is 0 Å². The first-order valence-corrected chi connectivity index (χ1v) is 3.86. The van der Waals surface area contributed by atoms with Gasteiger partial charge in [0.25, 0.3) is 0 Å². The molecule has 0 amide bonds. The van der Waals surface area contributed by atoms with Crippen LogP contribution in [-0.2, 0) is 4.74 Å². The number of alkyl halides is 1. The number of halogens is 1. The molecule has 54 valence electrons. The van der Waals surface area contributed by atoms with Gasteiger partial charge in [0.1, 0.15) is 0 Å². The molecule has 1 aliphatic rings. The molecule has 1 rings (SSSR count).